The third kappa shape index (κ3) is 16.8. The van der Waals surface area contributed by atoms with Gasteiger partial charge in [0, 0.05) is 5.75 Å². The third-order valence-corrected chi connectivity index (χ3v) is 6.34. The van der Waals surface area contributed by atoms with Crippen LogP contribution < -0.4 is 0 Å². The van der Waals surface area contributed by atoms with Crippen LogP contribution >= 0.6 is 33.6 Å². The second kappa shape index (κ2) is 17.8. The van der Waals surface area contributed by atoms with E-state index in [2.05, 4.69) is 6.92 Å². The molecule has 0 fully saturated rings. The van der Waals surface area contributed by atoms with Gasteiger partial charge in [0.05, 0.1) is 11.1 Å². The zero-order valence-electron chi connectivity index (χ0n) is 14.1. The molecule has 0 amide bonds. The van der Waals surface area contributed by atoms with Crippen LogP contribution in [0.3, 0.4) is 0 Å². The summed E-state index contributed by atoms with van der Waals surface area (Å²) in [4.78, 5) is 10.6. The Morgan fingerprint density at radius 1 is 1.00 bits per heavy atom. The monoisotopic (exact) mass is 368 g/mol. The van der Waals surface area contributed by atoms with E-state index in [0.717, 1.165) is 5.75 Å². The van der Waals surface area contributed by atoms with Gasteiger partial charge in [-0.1, -0.05) is 75.5 Å². The smallest absolute Gasteiger partial charge is 0.316 e. The standard InChI is InChI=1S/C16H32O3S3/c1-3-4-5-6-7-8-9-10-11-12-13-21-22-19-14-20-15(2)16(17)18/h15H,3-14H2,1-2H3,(H,17,18). The molecule has 0 radical (unpaired) electrons. The molecule has 0 aliphatic heterocycles. The Bertz CT molecular complexity index is 253. The molecule has 0 aromatic rings. The highest BCUT2D eigenvalue weighted by Crippen LogP contribution is 2.26. The van der Waals surface area contributed by atoms with Crippen molar-refractivity contribution in [1.29, 1.82) is 0 Å². The number of unbranched alkanes of at least 4 members (excludes halogenated alkanes) is 9. The predicted molar refractivity (Wildman–Crippen MR) is 103 cm³/mol. The van der Waals surface area contributed by atoms with Gasteiger partial charge in [0.15, 0.2) is 0 Å². The molecule has 0 spiro atoms. The van der Waals surface area contributed by atoms with Gasteiger partial charge >= 0.3 is 5.97 Å². The normalized spacial score (nSPS) is 12.5. The minimum Gasteiger partial charge on any atom is -0.480 e. The summed E-state index contributed by atoms with van der Waals surface area (Å²) in [6.07, 6.45) is 13.6. The average molecular weight is 369 g/mol. The van der Waals surface area contributed by atoms with Crippen molar-refractivity contribution in [2.75, 3.05) is 11.7 Å². The van der Waals surface area contributed by atoms with Crippen molar-refractivity contribution in [1.82, 2.24) is 0 Å². The van der Waals surface area contributed by atoms with Crippen molar-refractivity contribution < 1.29 is 14.1 Å². The molecule has 0 saturated carbocycles. The number of aliphatic carboxylic acids is 1. The quantitative estimate of drug-likeness (QED) is 0.139. The molecule has 0 bridgehead atoms. The highest BCUT2D eigenvalue weighted by molar-refractivity contribution is 8.74. The van der Waals surface area contributed by atoms with Crippen molar-refractivity contribution in [2.24, 2.45) is 0 Å². The van der Waals surface area contributed by atoms with Crippen LogP contribution in [0, 0.1) is 0 Å². The minimum atomic E-state index is -0.781. The van der Waals surface area contributed by atoms with E-state index < -0.39 is 11.2 Å². The number of hydrogen-bond acceptors (Lipinski definition) is 5. The van der Waals surface area contributed by atoms with Crippen LogP contribution in [0.4, 0.5) is 0 Å². The summed E-state index contributed by atoms with van der Waals surface area (Å²) < 4.78 is 5.33. The first-order valence-electron chi connectivity index (χ1n) is 8.44. The Morgan fingerprint density at radius 3 is 2.09 bits per heavy atom. The Labute approximate surface area is 148 Å². The van der Waals surface area contributed by atoms with Gasteiger partial charge in [0.1, 0.15) is 11.2 Å². The lowest BCUT2D eigenvalue weighted by molar-refractivity contribution is -0.136. The Kier molecular flexibility index (Phi) is 18.2. The van der Waals surface area contributed by atoms with Crippen LogP contribution in [-0.4, -0.2) is 28.0 Å². The fourth-order valence-electron chi connectivity index (χ4n) is 1.94. The summed E-state index contributed by atoms with van der Waals surface area (Å²) in [6, 6.07) is 0. The van der Waals surface area contributed by atoms with E-state index in [1.807, 2.05) is 0 Å². The van der Waals surface area contributed by atoms with E-state index in [1.54, 1.807) is 17.7 Å². The maximum atomic E-state index is 10.6. The van der Waals surface area contributed by atoms with Gasteiger partial charge in [0.25, 0.3) is 0 Å². The van der Waals surface area contributed by atoms with E-state index in [1.165, 1.54) is 87.0 Å². The molecule has 22 heavy (non-hydrogen) atoms. The van der Waals surface area contributed by atoms with Crippen molar-refractivity contribution in [2.45, 2.75) is 83.3 Å². The second-order valence-electron chi connectivity index (χ2n) is 5.45. The summed E-state index contributed by atoms with van der Waals surface area (Å²) in [5.74, 6) is 0.764. The average Bonchev–Trinajstić information content (AvgIpc) is 2.50. The van der Waals surface area contributed by atoms with Gasteiger partial charge in [-0.15, -0.1) is 11.8 Å². The molecule has 1 N–H and O–H groups in total. The third-order valence-electron chi connectivity index (χ3n) is 3.39. The summed E-state index contributed by atoms with van der Waals surface area (Å²) >= 11 is 2.70. The summed E-state index contributed by atoms with van der Waals surface area (Å²) in [5, 5.41) is 8.31. The number of carboxylic acid groups (broad SMARTS) is 1. The maximum absolute atomic E-state index is 10.6. The second-order valence-corrected chi connectivity index (χ2v) is 8.86. The number of rotatable bonds is 17. The molecule has 0 rings (SSSR count). The number of hydrogen-bond donors (Lipinski definition) is 1. The molecule has 0 aromatic carbocycles. The zero-order valence-corrected chi connectivity index (χ0v) is 16.5. The molecule has 0 aliphatic rings. The first-order chi connectivity index (χ1) is 10.7. The van der Waals surface area contributed by atoms with Crippen LogP contribution in [-0.2, 0) is 8.98 Å². The van der Waals surface area contributed by atoms with Crippen molar-refractivity contribution >= 4 is 39.6 Å². The van der Waals surface area contributed by atoms with Gasteiger partial charge in [-0.3, -0.25) is 8.98 Å². The minimum absolute atomic E-state index is 0.396. The molecule has 132 valence electrons. The zero-order chi connectivity index (χ0) is 16.5. The lowest BCUT2D eigenvalue weighted by atomic mass is 10.1. The lowest BCUT2D eigenvalue weighted by Gasteiger charge is -2.05. The van der Waals surface area contributed by atoms with E-state index in [-0.39, 0.29) is 0 Å². The largest absolute Gasteiger partial charge is 0.480 e. The van der Waals surface area contributed by atoms with Crippen LogP contribution in [0.2, 0.25) is 0 Å². The SMILES string of the molecule is CCCCCCCCCCCCSSOCSC(C)C(=O)O. The molecule has 1 atom stereocenters. The van der Waals surface area contributed by atoms with E-state index in [9.17, 15) is 4.79 Å². The highest BCUT2D eigenvalue weighted by atomic mass is 33.1. The molecule has 0 aliphatic carbocycles. The Hall–Kier alpha value is 0.480. The molecule has 0 heterocycles. The molecule has 1 unspecified atom stereocenters. The van der Waals surface area contributed by atoms with Gasteiger partial charge in [-0.05, 0) is 13.3 Å². The van der Waals surface area contributed by atoms with Gasteiger partial charge in [-0.25, -0.2) is 0 Å². The molecule has 3 nitrogen and oxygen atoms in total. The lowest BCUT2D eigenvalue weighted by Crippen LogP contribution is -2.11. The van der Waals surface area contributed by atoms with Crippen LogP contribution in [0.1, 0.15) is 78.1 Å². The fraction of sp³-hybridized carbons (Fsp3) is 0.938. The van der Waals surface area contributed by atoms with Gasteiger partial charge < -0.3 is 5.11 Å². The van der Waals surface area contributed by atoms with Crippen LogP contribution in [0.5, 0.6) is 0 Å². The molecule has 0 aromatic heterocycles. The van der Waals surface area contributed by atoms with Crippen LogP contribution in [0.25, 0.3) is 0 Å². The Morgan fingerprint density at radius 2 is 1.55 bits per heavy atom. The molecule has 0 saturated heterocycles. The maximum Gasteiger partial charge on any atom is 0.316 e. The summed E-state index contributed by atoms with van der Waals surface area (Å²) in [5.41, 5.74) is 0. The predicted octanol–water partition coefficient (Wildman–Crippen LogP) is 6.38. The Balaban J connectivity index is 3.04. The van der Waals surface area contributed by atoms with Crippen molar-refractivity contribution in [3.8, 4) is 0 Å². The van der Waals surface area contributed by atoms with Crippen molar-refractivity contribution in [3.05, 3.63) is 0 Å². The van der Waals surface area contributed by atoms with E-state index >= 15 is 0 Å². The molecule has 6 heteroatoms. The fourth-order valence-corrected chi connectivity index (χ4v) is 4.24. The summed E-state index contributed by atoms with van der Waals surface area (Å²) in [6.45, 7) is 3.94. The van der Waals surface area contributed by atoms with Gasteiger partial charge in [0.2, 0.25) is 0 Å². The number of carboxylic acids is 1. The van der Waals surface area contributed by atoms with Gasteiger partial charge in [-0.2, -0.15) is 0 Å². The first-order valence-corrected chi connectivity index (χ1v) is 11.7. The van der Waals surface area contributed by atoms with Crippen molar-refractivity contribution in [3.63, 3.8) is 0 Å². The number of carbonyl (C=O) groups is 1. The summed E-state index contributed by atoms with van der Waals surface area (Å²) in [7, 11) is 1.72. The number of thioether (sulfide) groups is 1. The van der Waals surface area contributed by atoms with Crippen LogP contribution in [0.15, 0.2) is 0 Å². The first kappa shape index (κ1) is 22.5. The van der Waals surface area contributed by atoms with E-state index in [0.29, 0.717) is 5.94 Å². The molecular weight excluding hydrogens is 336 g/mol. The van der Waals surface area contributed by atoms with E-state index in [4.69, 9.17) is 9.29 Å². The highest BCUT2D eigenvalue weighted by Gasteiger charge is 2.10. The topological polar surface area (TPSA) is 46.5 Å². The molecular formula is C16H32O3S3.